The number of benzene rings is 2. The van der Waals surface area contributed by atoms with Gasteiger partial charge in [0.15, 0.2) is 0 Å². The van der Waals surface area contributed by atoms with Crippen molar-refractivity contribution in [1.29, 1.82) is 0 Å². The molecule has 118 valence electrons. The molecule has 0 aromatic heterocycles. The first kappa shape index (κ1) is 15.3. The van der Waals surface area contributed by atoms with Crippen LogP contribution in [0.5, 0.6) is 5.75 Å². The van der Waals surface area contributed by atoms with Crippen molar-refractivity contribution in [3.63, 3.8) is 0 Å². The Hall–Kier alpha value is -1.58. The summed E-state index contributed by atoms with van der Waals surface area (Å²) >= 11 is 0. The molecule has 0 unspecified atom stereocenters. The van der Waals surface area contributed by atoms with E-state index in [0.717, 1.165) is 18.2 Å². The molecule has 1 aliphatic rings. The summed E-state index contributed by atoms with van der Waals surface area (Å²) < 4.78 is 5.78. The minimum Gasteiger partial charge on any atom is -0.491 e. The summed E-state index contributed by atoms with van der Waals surface area (Å²) in [6, 6.07) is 14.3. The summed E-state index contributed by atoms with van der Waals surface area (Å²) in [4.78, 5) is 1.51. The van der Waals surface area contributed by atoms with E-state index in [-0.39, 0.29) is 0 Å². The van der Waals surface area contributed by atoms with Crippen LogP contribution in [0.15, 0.2) is 42.5 Å². The van der Waals surface area contributed by atoms with Crippen molar-refractivity contribution in [2.24, 2.45) is 5.92 Å². The van der Waals surface area contributed by atoms with E-state index in [2.05, 4.69) is 25.1 Å². The molecular formula is C19H26NO2+. The standard InChI is InChI=1S/C19H25NO2/c1-15-8-10-20(11-9-15)13-18(21)14-22-19-7-6-16-4-2-3-5-17(16)12-19/h2-7,12,15,18,21H,8-11,13-14H2,1H3/p+1/t18-/m0/s1. The second-order valence-electron chi connectivity index (χ2n) is 6.61. The van der Waals surface area contributed by atoms with E-state index in [0.29, 0.717) is 6.61 Å². The van der Waals surface area contributed by atoms with E-state index in [1.807, 2.05) is 24.3 Å². The van der Waals surface area contributed by atoms with Gasteiger partial charge in [0.05, 0.1) is 13.1 Å². The minimum absolute atomic E-state index is 0.372. The molecule has 2 N–H and O–H groups in total. The van der Waals surface area contributed by atoms with Gasteiger partial charge in [0, 0.05) is 0 Å². The highest BCUT2D eigenvalue weighted by Gasteiger charge is 2.21. The Morgan fingerprint density at radius 1 is 1.14 bits per heavy atom. The maximum Gasteiger partial charge on any atom is 0.137 e. The number of piperidine rings is 1. The van der Waals surface area contributed by atoms with E-state index in [1.165, 1.54) is 41.6 Å². The van der Waals surface area contributed by atoms with Crippen LogP contribution >= 0.6 is 0 Å². The fraction of sp³-hybridized carbons (Fsp3) is 0.474. The first-order valence-corrected chi connectivity index (χ1v) is 8.34. The molecule has 1 fully saturated rings. The molecule has 1 heterocycles. The Morgan fingerprint density at radius 3 is 2.64 bits per heavy atom. The lowest BCUT2D eigenvalue weighted by atomic mass is 9.99. The summed E-state index contributed by atoms with van der Waals surface area (Å²) in [6.07, 6.45) is 2.15. The molecule has 2 aromatic rings. The third kappa shape index (κ3) is 3.99. The minimum atomic E-state index is -0.394. The van der Waals surface area contributed by atoms with Gasteiger partial charge in [-0.05, 0) is 41.7 Å². The summed E-state index contributed by atoms with van der Waals surface area (Å²) in [5, 5.41) is 12.6. The van der Waals surface area contributed by atoms with E-state index < -0.39 is 6.10 Å². The van der Waals surface area contributed by atoms with Crippen LogP contribution in [0.3, 0.4) is 0 Å². The normalized spacial score (nSPS) is 23.4. The van der Waals surface area contributed by atoms with Gasteiger partial charge in [-0.2, -0.15) is 0 Å². The smallest absolute Gasteiger partial charge is 0.137 e. The third-order valence-electron chi connectivity index (χ3n) is 4.67. The zero-order valence-electron chi connectivity index (χ0n) is 13.3. The lowest BCUT2D eigenvalue weighted by Crippen LogP contribution is -3.14. The van der Waals surface area contributed by atoms with Gasteiger partial charge in [0.25, 0.3) is 0 Å². The third-order valence-corrected chi connectivity index (χ3v) is 4.67. The quantitative estimate of drug-likeness (QED) is 0.884. The monoisotopic (exact) mass is 300 g/mol. The van der Waals surface area contributed by atoms with Crippen LogP contribution in [-0.4, -0.2) is 37.5 Å². The highest BCUT2D eigenvalue weighted by atomic mass is 16.5. The summed E-state index contributed by atoms with van der Waals surface area (Å²) in [6.45, 7) is 5.83. The number of ether oxygens (including phenoxy) is 1. The highest BCUT2D eigenvalue weighted by Crippen LogP contribution is 2.20. The van der Waals surface area contributed by atoms with Crippen LogP contribution in [-0.2, 0) is 0 Å². The molecule has 0 amide bonds. The zero-order chi connectivity index (χ0) is 15.4. The van der Waals surface area contributed by atoms with Crippen LogP contribution in [0.1, 0.15) is 19.8 Å². The Kier molecular flexibility index (Phi) is 4.96. The van der Waals surface area contributed by atoms with Gasteiger partial charge in [-0.1, -0.05) is 37.3 Å². The molecule has 3 rings (SSSR count). The number of nitrogens with one attached hydrogen (secondary N) is 1. The zero-order valence-corrected chi connectivity index (χ0v) is 13.3. The highest BCUT2D eigenvalue weighted by molar-refractivity contribution is 5.83. The van der Waals surface area contributed by atoms with Crippen molar-refractivity contribution < 1.29 is 14.7 Å². The Morgan fingerprint density at radius 2 is 1.86 bits per heavy atom. The second-order valence-corrected chi connectivity index (χ2v) is 6.61. The molecule has 3 heteroatoms. The van der Waals surface area contributed by atoms with Crippen LogP contribution < -0.4 is 9.64 Å². The number of hydrogen-bond acceptors (Lipinski definition) is 2. The predicted molar refractivity (Wildman–Crippen MR) is 89.4 cm³/mol. The van der Waals surface area contributed by atoms with E-state index >= 15 is 0 Å². The topological polar surface area (TPSA) is 33.9 Å². The van der Waals surface area contributed by atoms with Gasteiger partial charge >= 0.3 is 0 Å². The second kappa shape index (κ2) is 7.12. The molecule has 1 atom stereocenters. The molecule has 1 saturated heterocycles. The van der Waals surface area contributed by atoms with Gasteiger partial charge in [-0.25, -0.2) is 0 Å². The van der Waals surface area contributed by atoms with Crippen LogP contribution in [0, 0.1) is 5.92 Å². The number of fused-ring (bicyclic) bond motifs is 1. The Bertz CT molecular complexity index is 605. The maximum atomic E-state index is 10.2. The largest absolute Gasteiger partial charge is 0.491 e. The van der Waals surface area contributed by atoms with E-state index in [9.17, 15) is 5.11 Å². The maximum absolute atomic E-state index is 10.2. The van der Waals surface area contributed by atoms with Gasteiger partial charge in [-0.3, -0.25) is 0 Å². The SMILES string of the molecule is CC1CC[NH+](C[C@H](O)COc2ccc3ccccc3c2)CC1. The molecule has 22 heavy (non-hydrogen) atoms. The predicted octanol–water partition coefficient (Wildman–Crippen LogP) is 1.89. The molecule has 0 radical (unpaired) electrons. The van der Waals surface area contributed by atoms with Crippen LogP contribution in [0.2, 0.25) is 0 Å². The number of hydrogen-bond donors (Lipinski definition) is 2. The van der Waals surface area contributed by atoms with Crippen molar-refractivity contribution in [2.75, 3.05) is 26.2 Å². The number of rotatable bonds is 5. The van der Waals surface area contributed by atoms with Gasteiger partial charge in [0.2, 0.25) is 0 Å². The van der Waals surface area contributed by atoms with Crippen LogP contribution in [0.25, 0.3) is 10.8 Å². The fourth-order valence-electron chi connectivity index (χ4n) is 3.22. The summed E-state index contributed by atoms with van der Waals surface area (Å²) in [5.41, 5.74) is 0. The fourth-order valence-corrected chi connectivity index (χ4v) is 3.22. The lowest BCUT2D eigenvalue weighted by Gasteiger charge is -2.28. The summed E-state index contributed by atoms with van der Waals surface area (Å²) in [5.74, 6) is 1.68. The molecule has 0 spiro atoms. The molecule has 0 saturated carbocycles. The first-order chi connectivity index (χ1) is 10.7. The number of quaternary nitrogens is 1. The number of likely N-dealkylation sites (tertiary alicyclic amines) is 1. The molecule has 0 aliphatic carbocycles. The van der Waals surface area contributed by atoms with E-state index in [1.54, 1.807) is 0 Å². The van der Waals surface area contributed by atoms with Crippen molar-refractivity contribution in [1.82, 2.24) is 0 Å². The Labute approximate surface area is 132 Å². The van der Waals surface area contributed by atoms with Crippen molar-refractivity contribution in [3.8, 4) is 5.75 Å². The molecule has 3 nitrogen and oxygen atoms in total. The summed E-state index contributed by atoms with van der Waals surface area (Å²) in [7, 11) is 0. The van der Waals surface area contributed by atoms with Gasteiger partial charge in [0.1, 0.15) is 25.0 Å². The molecule has 1 aliphatic heterocycles. The number of aliphatic hydroxyl groups excluding tert-OH is 1. The Balaban J connectivity index is 1.50. The lowest BCUT2D eigenvalue weighted by molar-refractivity contribution is -0.909. The van der Waals surface area contributed by atoms with Crippen molar-refractivity contribution >= 4 is 10.8 Å². The molecular weight excluding hydrogens is 274 g/mol. The number of aliphatic hydroxyl groups is 1. The average molecular weight is 300 g/mol. The van der Waals surface area contributed by atoms with Crippen LogP contribution in [0.4, 0.5) is 0 Å². The first-order valence-electron chi connectivity index (χ1n) is 8.34. The van der Waals surface area contributed by atoms with Crippen molar-refractivity contribution in [3.05, 3.63) is 42.5 Å². The van der Waals surface area contributed by atoms with Gasteiger partial charge in [-0.15, -0.1) is 0 Å². The average Bonchev–Trinajstić information content (AvgIpc) is 2.55. The molecule has 2 aromatic carbocycles. The van der Waals surface area contributed by atoms with E-state index in [4.69, 9.17) is 4.74 Å². The molecule has 0 bridgehead atoms. The van der Waals surface area contributed by atoms with Gasteiger partial charge < -0.3 is 14.7 Å². The van der Waals surface area contributed by atoms with Crippen molar-refractivity contribution in [2.45, 2.75) is 25.9 Å².